The average Bonchev–Trinajstić information content (AvgIpc) is 3.30. The van der Waals surface area contributed by atoms with Crippen molar-refractivity contribution in [1.82, 2.24) is 15.1 Å². The number of hydrogen-bond acceptors (Lipinski definition) is 2. The van der Waals surface area contributed by atoms with Gasteiger partial charge >= 0.3 is 0 Å². The van der Waals surface area contributed by atoms with Crippen LogP contribution in [0.15, 0.2) is 6.07 Å². The molecule has 2 saturated carbocycles. The lowest BCUT2D eigenvalue weighted by Gasteiger charge is -2.31. The van der Waals surface area contributed by atoms with E-state index in [0.29, 0.717) is 23.6 Å². The summed E-state index contributed by atoms with van der Waals surface area (Å²) in [5, 5.41) is 7.27. The predicted octanol–water partition coefficient (Wildman–Crippen LogP) is 2.94. The van der Waals surface area contributed by atoms with E-state index in [9.17, 15) is 4.79 Å². The first-order chi connectivity index (χ1) is 9.08. The van der Waals surface area contributed by atoms with Crippen LogP contribution in [0.25, 0.3) is 0 Å². The van der Waals surface area contributed by atoms with Gasteiger partial charge < -0.3 is 4.90 Å². The van der Waals surface area contributed by atoms with Gasteiger partial charge in [0.1, 0.15) is 5.69 Å². The Bertz CT molecular complexity index is 471. The quantitative estimate of drug-likeness (QED) is 0.886. The largest absolute Gasteiger partial charge is 0.331 e. The van der Waals surface area contributed by atoms with E-state index in [-0.39, 0.29) is 11.9 Å². The normalized spacial score (nSPS) is 20.6. The first kappa shape index (κ1) is 12.7. The molecule has 1 unspecified atom stereocenters. The molecule has 1 amide bonds. The van der Waals surface area contributed by atoms with Crippen LogP contribution in [0.5, 0.6) is 0 Å². The molecule has 0 radical (unpaired) electrons. The Morgan fingerprint density at radius 3 is 2.53 bits per heavy atom. The maximum absolute atomic E-state index is 12.7. The molecule has 1 atom stereocenters. The molecule has 3 rings (SSSR count). The minimum atomic E-state index is 0.104. The van der Waals surface area contributed by atoms with Crippen molar-refractivity contribution >= 4 is 5.91 Å². The molecule has 0 saturated heterocycles. The Balaban J connectivity index is 1.78. The summed E-state index contributed by atoms with van der Waals surface area (Å²) in [6.45, 7) is 6.50. The van der Waals surface area contributed by atoms with Crippen molar-refractivity contribution in [3.05, 3.63) is 17.5 Å². The molecule has 0 aromatic carbocycles. The monoisotopic (exact) mass is 261 g/mol. The van der Waals surface area contributed by atoms with Gasteiger partial charge in [0.2, 0.25) is 0 Å². The molecule has 19 heavy (non-hydrogen) atoms. The second kappa shape index (κ2) is 4.66. The van der Waals surface area contributed by atoms with E-state index < -0.39 is 0 Å². The van der Waals surface area contributed by atoms with Crippen LogP contribution >= 0.6 is 0 Å². The van der Waals surface area contributed by atoms with Crippen molar-refractivity contribution in [3.8, 4) is 0 Å². The van der Waals surface area contributed by atoms with E-state index in [2.05, 4.69) is 35.9 Å². The minimum Gasteiger partial charge on any atom is -0.331 e. The summed E-state index contributed by atoms with van der Waals surface area (Å²) in [5.41, 5.74) is 1.73. The Kier molecular flexibility index (Phi) is 3.11. The van der Waals surface area contributed by atoms with E-state index in [0.717, 1.165) is 18.5 Å². The Hall–Kier alpha value is -1.32. The third-order valence-corrected chi connectivity index (χ3v) is 4.41. The Morgan fingerprint density at radius 1 is 1.32 bits per heavy atom. The molecular weight excluding hydrogens is 238 g/mol. The van der Waals surface area contributed by atoms with Crippen LogP contribution in [0.4, 0.5) is 0 Å². The van der Waals surface area contributed by atoms with Crippen LogP contribution in [-0.2, 0) is 0 Å². The maximum atomic E-state index is 12.7. The predicted molar refractivity (Wildman–Crippen MR) is 74.1 cm³/mol. The summed E-state index contributed by atoms with van der Waals surface area (Å²) in [7, 11) is 0. The van der Waals surface area contributed by atoms with Gasteiger partial charge in [0.25, 0.3) is 5.91 Å². The standard InChI is InChI=1S/C15H23N3O/c1-9(2)10(3)18(12-6-7-12)15(19)14-8-13(16-17-14)11-4-5-11/h8-12H,4-7H2,1-3H3,(H,16,17). The third-order valence-electron chi connectivity index (χ3n) is 4.41. The molecule has 2 fully saturated rings. The lowest BCUT2D eigenvalue weighted by atomic mass is 10.0. The van der Waals surface area contributed by atoms with E-state index in [1.807, 2.05) is 6.07 Å². The number of aromatic nitrogens is 2. The number of nitrogens with one attached hydrogen (secondary N) is 1. The summed E-state index contributed by atoms with van der Waals surface area (Å²) in [6.07, 6.45) is 4.74. The third kappa shape index (κ3) is 2.53. The first-order valence-corrected chi connectivity index (χ1v) is 7.46. The zero-order valence-corrected chi connectivity index (χ0v) is 12.0. The molecule has 0 bridgehead atoms. The zero-order valence-electron chi connectivity index (χ0n) is 12.0. The van der Waals surface area contributed by atoms with E-state index in [1.54, 1.807) is 0 Å². The minimum absolute atomic E-state index is 0.104. The molecule has 1 aromatic heterocycles. The van der Waals surface area contributed by atoms with Gasteiger partial charge in [-0.2, -0.15) is 5.10 Å². The summed E-state index contributed by atoms with van der Waals surface area (Å²) < 4.78 is 0. The van der Waals surface area contributed by atoms with Crippen LogP contribution in [-0.4, -0.2) is 33.1 Å². The topological polar surface area (TPSA) is 49.0 Å². The second-order valence-electron chi connectivity index (χ2n) is 6.41. The van der Waals surface area contributed by atoms with Gasteiger partial charge in [-0.05, 0) is 44.6 Å². The van der Waals surface area contributed by atoms with E-state index in [1.165, 1.54) is 12.8 Å². The fourth-order valence-electron chi connectivity index (χ4n) is 2.54. The van der Waals surface area contributed by atoms with Gasteiger partial charge in [0, 0.05) is 23.7 Å². The molecule has 1 heterocycles. The van der Waals surface area contributed by atoms with Crippen molar-refractivity contribution in [2.24, 2.45) is 5.92 Å². The second-order valence-corrected chi connectivity index (χ2v) is 6.41. The summed E-state index contributed by atoms with van der Waals surface area (Å²) in [5.74, 6) is 1.20. The number of hydrogen-bond donors (Lipinski definition) is 1. The fourth-order valence-corrected chi connectivity index (χ4v) is 2.54. The number of H-pyrrole nitrogens is 1. The lowest BCUT2D eigenvalue weighted by molar-refractivity contribution is 0.0621. The maximum Gasteiger partial charge on any atom is 0.274 e. The molecule has 2 aliphatic rings. The number of aromatic amines is 1. The Labute approximate surface area is 114 Å². The Morgan fingerprint density at radius 2 is 2.00 bits per heavy atom. The molecule has 1 N–H and O–H groups in total. The summed E-state index contributed by atoms with van der Waals surface area (Å²) in [6, 6.07) is 2.68. The van der Waals surface area contributed by atoms with Crippen LogP contribution in [0.1, 0.15) is 68.6 Å². The van der Waals surface area contributed by atoms with Crippen LogP contribution < -0.4 is 0 Å². The molecular formula is C15H23N3O. The van der Waals surface area contributed by atoms with Crippen molar-refractivity contribution in [2.45, 2.75) is 64.5 Å². The van der Waals surface area contributed by atoms with Gasteiger partial charge in [-0.25, -0.2) is 0 Å². The van der Waals surface area contributed by atoms with Gasteiger partial charge in [-0.15, -0.1) is 0 Å². The number of amides is 1. The van der Waals surface area contributed by atoms with Gasteiger partial charge in [0.15, 0.2) is 0 Å². The van der Waals surface area contributed by atoms with Crippen LogP contribution in [0.3, 0.4) is 0 Å². The number of nitrogens with zero attached hydrogens (tertiary/aromatic N) is 2. The van der Waals surface area contributed by atoms with E-state index >= 15 is 0 Å². The molecule has 2 aliphatic carbocycles. The fraction of sp³-hybridized carbons (Fsp3) is 0.733. The number of rotatable bonds is 5. The van der Waals surface area contributed by atoms with Crippen molar-refractivity contribution in [1.29, 1.82) is 0 Å². The number of carbonyl (C=O) groups excluding carboxylic acids is 1. The van der Waals surface area contributed by atoms with Gasteiger partial charge in [0.05, 0.1) is 0 Å². The van der Waals surface area contributed by atoms with Crippen molar-refractivity contribution < 1.29 is 4.79 Å². The van der Waals surface area contributed by atoms with Gasteiger partial charge in [-0.3, -0.25) is 9.89 Å². The highest BCUT2D eigenvalue weighted by molar-refractivity contribution is 5.93. The van der Waals surface area contributed by atoms with Crippen molar-refractivity contribution in [2.75, 3.05) is 0 Å². The first-order valence-electron chi connectivity index (χ1n) is 7.46. The molecule has 1 aromatic rings. The lowest BCUT2D eigenvalue weighted by Crippen LogP contribution is -2.43. The average molecular weight is 261 g/mol. The van der Waals surface area contributed by atoms with Crippen molar-refractivity contribution in [3.63, 3.8) is 0 Å². The van der Waals surface area contributed by atoms with Gasteiger partial charge in [-0.1, -0.05) is 13.8 Å². The SMILES string of the molecule is CC(C)C(C)N(C(=O)c1cc(C2CC2)[nH]n1)C1CC1. The number of carbonyl (C=O) groups is 1. The highest BCUT2D eigenvalue weighted by atomic mass is 16.2. The molecule has 4 heteroatoms. The van der Waals surface area contributed by atoms with Crippen LogP contribution in [0.2, 0.25) is 0 Å². The molecule has 0 spiro atoms. The smallest absolute Gasteiger partial charge is 0.274 e. The van der Waals surface area contributed by atoms with Crippen LogP contribution in [0, 0.1) is 5.92 Å². The highest BCUT2D eigenvalue weighted by Gasteiger charge is 2.38. The summed E-state index contributed by atoms with van der Waals surface area (Å²) >= 11 is 0. The molecule has 0 aliphatic heterocycles. The van der Waals surface area contributed by atoms with E-state index in [4.69, 9.17) is 0 Å². The molecule has 4 nitrogen and oxygen atoms in total. The summed E-state index contributed by atoms with van der Waals surface area (Å²) in [4.78, 5) is 14.7. The highest BCUT2D eigenvalue weighted by Crippen LogP contribution is 2.39. The molecule has 104 valence electrons. The zero-order chi connectivity index (χ0) is 13.6.